The molecule has 1 atom stereocenters. The second-order valence-electron chi connectivity index (χ2n) is 5.74. The van der Waals surface area contributed by atoms with Crippen molar-refractivity contribution in [2.75, 3.05) is 12.5 Å². The van der Waals surface area contributed by atoms with Gasteiger partial charge in [-0.3, -0.25) is 0 Å². The van der Waals surface area contributed by atoms with Gasteiger partial charge in [0.05, 0.1) is 0 Å². The molecular weight excluding hydrogens is 244 g/mol. The maximum atomic E-state index is 10.9. The van der Waals surface area contributed by atoms with E-state index in [4.69, 9.17) is 4.18 Å². The molecule has 0 spiro atoms. The average Bonchev–Trinajstić information content (AvgIpc) is 2.28. The van der Waals surface area contributed by atoms with Gasteiger partial charge in [-0.15, -0.1) is 10.3 Å². The molecule has 0 fully saturated rings. The summed E-state index contributed by atoms with van der Waals surface area (Å²) in [4.78, 5) is 10.9. The van der Waals surface area contributed by atoms with Crippen LogP contribution in [0.3, 0.4) is 0 Å². The molecule has 0 aromatic heterocycles. The zero-order valence-electron chi connectivity index (χ0n) is 12.0. The first-order valence-electron chi connectivity index (χ1n) is 6.17. The minimum absolute atomic E-state index is 0.100. The van der Waals surface area contributed by atoms with Crippen LogP contribution in [0, 0.1) is 0 Å². The van der Waals surface area contributed by atoms with E-state index in [2.05, 4.69) is 33.3 Å². The minimum Gasteiger partial charge on any atom is -0.328 e. The predicted octanol–water partition coefficient (Wildman–Crippen LogP) is 4.11. The number of benzene rings is 1. The highest BCUT2D eigenvalue weighted by Crippen LogP contribution is 2.56. The Morgan fingerprint density at radius 2 is 1.78 bits per heavy atom. The van der Waals surface area contributed by atoms with Crippen molar-refractivity contribution < 1.29 is 8.98 Å². The minimum atomic E-state index is -1.23. The second-order valence-corrected chi connectivity index (χ2v) is 9.63. The van der Waals surface area contributed by atoms with Gasteiger partial charge in [0, 0.05) is 11.2 Å². The molecule has 2 nitrogen and oxygen atoms in total. The lowest BCUT2D eigenvalue weighted by atomic mass is 10.1. The van der Waals surface area contributed by atoms with Crippen LogP contribution in [-0.2, 0) is 8.98 Å². The molecule has 0 amide bonds. The van der Waals surface area contributed by atoms with Gasteiger partial charge >= 0.3 is 0 Å². The SMILES string of the molecule is CC(C)(C)S(C)(C)OC(CC=O)c1ccccc1. The fraction of sp³-hybridized carbons (Fsp3) is 0.533. The summed E-state index contributed by atoms with van der Waals surface area (Å²) in [6, 6.07) is 9.98. The molecule has 0 saturated carbocycles. The van der Waals surface area contributed by atoms with Crippen molar-refractivity contribution in [3.05, 3.63) is 35.9 Å². The summed E-state index contributed by atoms with van der Waals surface area (Å²) in [6.45, 7) is 6.56. The highest BCUT2D eigenvalue weighted by atomic mass is 32.3. The van der Waals surface area contributed by atoms with Crippen molar-refractivity contribution in [3.8, 4) is 0 Å². The Balaban J connectivity index is 2.92. The van der Waals surface area contributed by atoms with Crippen molar-refractivity contribution >= 4 is 16.6 Å². The van der Waals surface area contributed by atoms with Crippen LogP contribution in [0.15, 0.2) is 30.3 Å². The third kappa shape index (κ3) is 3.85. The van der Waals surface area contributed by atoms with E-state index in [0.717, 1.165) is 11.8 Å². The lowest BCUT2D eigenvalue weighted by Gasteiger charge is -2.45. The van der Waals surface area contributed by atoms with Crippen LogP contribution >= 0.6 is 10.3 Å². The summed E-state index contributed by atoms with van der Waals surface area (Å²) in [7, 11) is -1.23. The quantitative estimate of drug-likeness (QED) is 0.751. The van der Waals surface area contributed by atoms with Crippen LogP contribution in [0.5, 0.6) is 0 Å². The maximum Gasteiger partial charge on any atom is 0.122 e. The summed E-state index contributed by atoms with van der Waals surface area (Å²) in [6.07, 6.45) is 5.54. The summed E-state index contributed by atoms with van der Waals surface area (Å²) < 4.78 is 6.38. The normalized spacial score (nSPS) is 15.2. The Bertz CT molecular complexity index is 379. The highest BCUT2D eigenvalue weighted by Gasteiger charge is 2.31. The number of rotatable bonds is 5. The van der Waals surface area contributed by atoms with Crippen molar-refractivity contribution in [1.29, 1.82) is 0 Å². The molecule has 0 aliphatic carbocycles. The molecule has 1 aromatic carbocycles. The van der Waals surface area contributed by atoms with E-state index >= 15 is 0 Å². The van der Waals surface area contributed by atoms with Gasteiger partial charge in [-0.1, -0.05) is 51.1 Å². The lowest BCUT2D eigenvalue weighted by Crippen LogP contribution is -2.26. The van der Waals surface area contributed by atoms with E-state index < -0.39 is 10.3 Å². The molecule has 0 heterocycles. The number of carbonyl (C=O) groups excluding carboxylic acids is 1. The second kappa shape index (κ2) is 5.89. The highest BCUT2D eigenvalue weighted by molar-refractivity contribution is 8.29. The van der Waals surface area contributed by atoms with E-state index in [-0.39, 0.29) is 10.9 Å². The van der Waals surface area contributed by atoms with Crippen LogP contribution in [0.1, 0.15) is 38.9 Å². The fourth-order valence-electron chi connectivity index (χ4n) is 1.42. The van der Waals surface area contributed by atoms with Crippen molar-refractivity contribution in [3.63, 3.8) is 0 Å². The monoisotopic (exact) mass is 268 g/mol. The first kappa shape index (κ1) is 15.3. The van der Waals surface area contributed by atoms with Gasteiger partial charge in [-0.2, -0.15) is 0 Å². The van der Waals surface area contributed by atoms with Crippen LogP contribution in [-0.4, -0.2) is 23.5 Å². The molecule has 0 aliphatic heterocycles. The maximum absolute atomic E-state index is 10.9. The molecule has 0 saturated heterocycles. The molecule has 0 aliphatic rings. The number of carbonyl (C=O) groups is 1. The topological polar surface area (TPSA) is 26.3 Å². The van der Waals surface area contributed by atoms with Gasteiger partial charge in [-0.05, 0) is 18.1 Å². The van der Waals surface area contributed by atoms with Crippen molar-refractivity contribution in [2.24, 2.45) is 0 Å². The summed E-state index contributed by atoms with van der Waals surface area (Å²) in [5.41, 5.74) is 1.08. The molecule has 18 heavy (non-hydrogen) atoms. The summed E-state index contributed by atoms with van der Waals surface area (Å²) >= 11 is 0. The van der Waals surface area contributed by atoms with Gasteiger partial charge in [0.1, 0.15) is 12.4 Å². The summed E-state index contributed by atoms with van der Waals surface area (Å²) in [5, 5.41) is 0. The molecule has 3 heteroatoms. The van der Waals surface area contributed by atoms with E-state index in [1.54, 1.807) is 0 Å². The third-order valence-electron chi connectivity index (χ3n) is 3.31. The first-order chi connectivity index (χ1) is 8.28. The Labute approximate surface area is 112 Å². The Morgan fingerprint density at radius 3 is 2.22 bits per heavy atom. The van der Waals surface area contributed by atoms with Crippen molar-refractivity contribution in [2.45, 2.75) is 38.0 Å². The van der Waals surface area contributed by atoms with E-state index in [1.165, 1.54) is 0 Å². The Kier molecular flexibility index (Phi) is 5.00. The molecule has 1 rings (SSSR count). The number of hydrogen-bond donors (Lipinski definition) is 0. The Morgan fingerprint density at radius 1 is 1.22 bits per heavy atom. The number of hydrogen-bond acceptors (Lipinski definition) is 2. The largest absolute Gasteiger partial charge is 0.328 e. The molecule has 0 radical (unpaired) electrons. The lowest BCUT2D eigenvalue weighted by molar-refractivity contribution is -0.109. The van der Waals surface area contributed by atoms with Crippen LogP contribution in [0.2, 0.25) is 0 Å². The van der Waals surface area contributed by atoms with E-state index in [1.807, 2.05) is 30.3 Å². The standard InChI is InChI=1S/C15H24O2S/c1-15(2,3)18(4,5)17-14(11-12-16)13-9-7-6-8-10-13/h6-10,12,14H,11H2,1-5H3. The zero-order chi connectivity index (χ0) is 13.8. The van der Waals surface area contributed by atoms with Crippen molar-refractivity contribution in [1.82, 2.24) is 0 Å². The smallest absolute Gasteiger partial charge is 0.122 e. The van der Waals surface area contributed by atoms with E-state index in [9.17, 15) is 4.79 Å². The Hall–Kier alpha value is -0.800. The van der Waals surface area contributed by atoms with Crippen LogP contribution in [0.25, 0.3) is 0 Å². The zero-order valence-corrected chi connectivity index (χ0v) is 12.8. The van der Waals surface area contributed by atoms with Gasteiger partial charge in [0.2, 0.25) is 0 Å². The van der Waals surface area contributed by atoms with Crippen LogP contribution in [0.4, 0.5) is 0 Å². The molecular formula is C15H24O2S. The molecule has 1 unspecified atom stereocenters. The average molecular weight is 268 g/mol. The molecule has 102 valence electrons. The third-order valence-corrected chi connectivity index (χ3v) is 6.98. The molecule has 1 aromatic rings. The predicted molar refractivity (Wildman–Crippen MR) is 80.1 cm³/mol. The first-order valence-corrected chi connectivity index (χ1v) is 8.55. The summed E-state index contributed by atoms with van der Waals surface area (Å²) in [5.74, 6) is 0. The fourth-order valence-corrected chi connectivity index (χ4v) is 2.48. The van der Waals surface area contributed by atoms with Gasteiger partial charge in [-0.25, -0.2) is 0 Å². The molecule has 0 N–H and O–H groups in total. The van der Waals surface area contributed by atoms with Crippen LogP contribution < -0.4 is 0 Å². The van der Waals surface area contributed by atoms with Gasteiger partial charge < -0.3 is 8.98 Å². The van der Waals surface area contributed by atoms with Gasteiger partial charge in [0.25, 0.3) is 0 Å². The molecule has 0 bridgehead atoms. The van der Waals surface area contributed by atoms with E-state index in [0.29, 0.717) is 6.42 Å². The number of aldehydes is 1. The van der Waals surface area contributed by atoms with Gasteiger partial charge in [0.15, 0.2) is 0 Å².